The molecule has 0 radical (unpaired) electrons. The molecule has 0 aromatic heterocycles. The summed E-state index contributed by atoms with van der Waals surface area (Å²) in [5, 5.41) is 2.96. The van der Waals surface area contributed by atoms with Crippen molar-refractivity contribution in [2.24, 2.45) is 5.92 Å². The smallest absolute Gasteiger partial charge is 0.231 e. The lowest BCUT2D eigenvalue weighted by Gasteiger charge is -2.17. The SMILES string of the molecule is Cc1ccc(C)c(NC(=O)C2CC(=O)N(c3ccc4c(c3)OCO4)C2)c1. The summed E-state index contributed by atoms with van der Waals surface area (Å²) in [7, 11) is 0. The fourth-order valence-electron chi connectivity index (χ4n) is 3.29. The number of anilines is 2. The van der Waals surface area contributed by atoms with E-state index >= 15 is 0 Å². The van der Waals surface area contributed by atoms with Crippen LogP contribution in [0.15, 0.2) is 36.4 Å². The molecule has 6 nitrogen and oxygen atoms in total. The normalized spacial score (nSPS) is 18.3. The number of rotatable bonds is 3. The van der Waals surface area contributed by atoms with Crippen molar-refractivity contribution in [3.63, 3.8) is 0 Å². The molecule has 1 fully saturated rings. The Morgan fingerprint density at radius 1 is 1.12 bits per heavy atom. The summed E-state index contributed by atoms with van der Waals surface area (Å²) < 4.78 is 10.7. The summed E-state index contributed by atoms with van der Waals surface area (Å²) in [6, 6.07) is 11.3. The fraction of sp³-hybridized carbons (Fsp3) is 0.300. The Morgan fingerprint density at radius 3 is 2.77 bits per heavy atom. The van der Waals surface area contributed by atoms with Crippen molar-refractivity contribution in [3.05, 3.63) is 47.5 Å². The van der Waals surface area contributed by atoms with Crippen LogP contribution in [-0.4, -0.2) is 25.2 Å². The van der Waals surface area contributed by atoms with Crippen LogP contribution in [0.25, 0.3) is 0 Å². The van der Waals surface area contributed by atoms with Gasteiger partial charge in [0.2, 0.25) is 18.6 Å². The average molecular weight is 352 g/mol. The number of benzene rings is 2. The standard InChI is InChI=1S/C20H20N2O4/c1-12-3-4-13(2)16(7-12)21-20(24)14-8-19(23)22(10-14)15-5-6-17-18(9-15)26-11-25-17/h3-7,9,14H,8,10-11H2,1-2H3,(H,21,24). The number of hydrogen-bond acceptors (Lipinski definition) is 4. The van der Waals surface area contributed by atoms with Gasteiger partial charge < -0.3 is 19.7 Å². The molecule has 0 bridgehead atoms. The molecule has 2 aromatic rings. The second-order valence-electron chi connectivity index (χ2n) is 6.75. The second kappa shape index (κ2) is 6.37. The Morgan fingerprint density at radius 2 is 1.92 bits per heavy atom. The van der Waals surface area contributed by atoms with Gasteiger partial charge in [-0.2, -0.15) is 0 Å². The maximum absolute atomic E-state index is 12.7. The first-order valence-corrected chi connectivity index (χ1v) is 8.59. The molecule has 1 N–H and O–H groups in total. The summed E-state index contributed by atoms with van der Waals surface area (Å²) in [5.41, 5.74) is 3.60. The quantitative estimate of drug-likeness (QED) is 0.922. The molecule has 134 valence electrons. The number of ether oxygens (including phenoxy) is 2. The number of carbonyl (C=O) groups is 2. The van der Waals surface area contributed by atoms with E-state index in [0.29, 0.717) is 18.0 Å². The van der Waals surface area contributed by atoms with Gasteiger partial charge in [0, 0.05) is 30.4 Å². The Labute approximate surface area is 151 Å². The number of amides is 2. The van der Waals surface area contributed by atoms with E-state index in [1.54, 1.807) is 17.0 Å². The summed E-state index contributed by atoms with van der Waals surface area (Å²) in [5.74, 6) is 0.719. The lowest BCUT2D eigenvalue weighted by Crippen LogP contribution is -2.28. The summed E-state index contributed by atoms with van der Waals surface area (Å²) in [4.78, 5) is 26.7. The Bertz CT molecular complexity index is 893. The van der Waals surface area contributed by atoms with Crippen molar-refractivity contribution in [3.8, 4) is 11.5 Å². The lowest BCUT2D eigenvalue weighted by atomic mass is 10.1. The van der Waals surface area contributed by atoms with E-state index in [9.17, 15) is 9.59 Å². The first-order chi connectivity index (χ1) is 12.5. The highest BCUT2D eigenvalue weighted by Crippen LogP contribution is 2.37. The van der Waals surface area contributed by atoms with Crippen LogP contribution >= 0.6 is 0 Å². The van der Waals surface area contributed by atoms with Crippen LogP contribution in [0.1, 0.15) is 17.5 Å². The molecule has 2 heterocycles. The van der Waals surface area contributed by atoms with Crippen LogP contribution in [0, 0.1) is 19.8 Å². The Balaban J connectivity index is 1.49. The number of hydrogen-bond donors (Lipinski definition) is 1. The molecule has 2 aromatic carbocycles. The zero-order valence-electron chi connectivity index (χ0n) is 14.7. The van der Waals surface area contributed by atoms with E-state index in [-0.39, 0.29) is 30.9 Å². The van der Waals surface area contributed by atoms with Crippen molar-refractivity contribution in [1.29, 1.82) is 0 Å². The monoisotopic (exact) mass is 352 g/mol. The van der Waals surface area contributed by atoms with Crippen molar-refractivity contribution in [2.75, 3.05) is 23.6 Å². The molecule has 1 atom stereocenters. The second-order valence-corrected chi connectivity index (χ2v) is 6.75. The van der Waals surface area contributed by atoms with Crippen LogP contribution in [-0.2, 0) is 9.59 Å². The van der Waals surface area contributed by atoms with Crippen LogP contribution in [0.2, 0.25) is 0 Å². The van der Waals surface area contributed by atoms with Crippen molar-refractivity contribution < 1.29 is 19.1 Å². The average Bonchev–Trinajstić information content (AvgIpc) is 3.23. The van der Waals surface area contributed by atoms with E-state index in [1.165, 1.54) is 0 Å². The van der Waals surface area contributed by atoms with Crippen LogP contribution in [0.4, 0.5) is 11.4 Å². The lowest BCUT2D eigenvalue weighted by molar-refractivity contribution is -0.122. The molecule has 1 saturated heterocycles. The van der Waals surface area contributed by atoms with Gasteiger partial charge in [0.05, 0.1) is 5.92 Å². The predicted octanol–water partition coefficient (Wildman–Crippen LogP) is 3.02. The van der Waals surface area contributed by atoms with Crippen LogP contribution in [0.3, 0.4) is 0 Å². The van der Waals surface area contributed by atoms with Gasteiger partial charge in [-0.1, -0.05) is 12.1 Å². The molecule has 2 amide bonds. The summed E-state index contributed by atoms with van der Waals surface area (Å²) in [6.45, 7) is 4.48. The molecule has 1 unspecified atom stereocenters. The minimum absolute atomic E-state index is 0.0648. The number of carbonyl (C=O) groups excluding carboxylic acids is 2. The van der Waals surface area contributed by atoms with E-state index in [1.807, 2.05) is 38.1 Å². The van der Waals surface area contributed by atoms with Crippen LogP contribution in [0.5, 0.6) is 11.5 Å². The van der Waals surface area contributed by atoms with Crippen molar-refractivity contribution in [1.82, 2.24) is 0 Å². The zero-order chi connectivity index (χ0) is 18.3. The van der Waals surface area contributed by atoms with Gasteiger partial charge in [0.25, 0.3) is 0 Å². The first kappa shape index (κ1) is 16.4. The maximum Gasteiger partial charge on any atom is 0.231 e. The molecular weight excluding hydrogens is 332 g/mol. The summed E-state index contributed by atoms with van der Waals surface area (Å²) in [6.07, 6.45) is 0.200. The minimum Gasteiger partial charge on any atom is -0.454 e. The largest absolute Gasteiger partial charge is 0.454 e. The van der Waals surface area contributed by atoms with Crippen molar-refractivity contribution >= 4 is 23.2 Å². The highest BCUT2D eigenvalue weighted by atomic mass is 16.7. The highest BCUT2D eigenvalue weighted by Gasteiger charge is 2.35. The van der Waals surface area contributed by atoms with Gasteiger partial charge in [0.15, 0.2) is 11.5 Å². The molecule has 2 aliphatic rings. The van der Waals surface area contributed by atoms with Crippen molar-refractivity contribution in [2.45, 2.75) is 20.3 Å². The molecule has 26 heavy (non-hydrogen) atoms. The third-order valence-electron chi connectivity index (χ3n) is 4.81. The third-order valence-corrected chi connectivity index (χ3v) is 4.81. The molecule has 0 aliphatic carbocycles. The highest BCUT2D eigenvalue weighted by molar-refractivity contribution is 6.03. The van der Waals surface area contributed by atoms with Gasteiger partial charge in [-0.25, -0.2) is 0 Å². The first-order valence-electron chi connectivity index (χ1n) is 8.59. The molecule has 2 aliphatic heterocycles. The predicted molar refractivity (Wildman–Crippen MR) is 97.6 cm³/mol. The topological polar surface area (TPSA) is 67.9 Å². The van der Waals surface area contributed by atoms with Gasteiger partial charge in [0.1, 0.15) is 0 Å². The van der Waals surface area contributed by atoms with E-state index < -0.39 is 0 Å². The zero-order valence-corrected chi connectivity index (χ0v) is 14.7. The molecular formula is C20H20N2O4. The molecule has 4 rings (SSSR count). The number of nitrogens with one attached hydrogen (secondary N) is 1. The fourth-order valence-corrected chi connectivity index (χ4v) is 3.29. The van der Waals surface area contributed by atoms with Gasteiger partial charge in [-0.3, -0.25) is 9.59 Å². The summed E-state index contributed by atoms with van der Waals surface area (Å²) >= 11 is 0. The molecule has 6 heteroatoms. The van der Waals surface area contributed by atoms with Gasteiger partial charge >= 0.3 is 0 Å². The number of fused-ring (bicyclic) bond motifs is 1. The third kappa shape index (κ3) is 2.98. The van der Waals surface area contributed by atoms with E-state index in [0.717, 1.165) is 22.5 Å². The van der Waals surface area contributed by atoms with Gasteiger partial charge in [-0.05, 0) is 43.2 Å². The Hall–Kier alpha value is -3.02. The molecule has 0 spiro atoms. The van der Waals surface area contributed by atoms with E-state index in [2.05, 4.69) is 5.32 Å². The Kier molecular flexibility index (Phi) is 4.03. The van der Waals surface area contributed by atoms with Crippen LogP contribution < -0.4 is 19.7 Å². The number of nitrogens with zero attached hydrogens (tertiary/aromatic N) is 1. The number of aryl methyl sites for hydroxylation is 2. The molecule has 0 saturated carbocycles. The van der Waals surface area contributed by atoms with Gasteiger partial charge in [-0.15, -0.1) is 0 Å². The maximum atomic E-state index is 12.7. The van der Waals surface area contributed by atoms with E-state index in [4.69, 9.17) is 9.47 Å². The minimum atomic E-state index is -0.382.